The molecule has 0 aliphatic carbocycles. The van der Waals surface area contributed by atoms with E-state index in [4.69, 9.17) is 4.74 Å². The second-order valence-corrected chi connectivity index (χ2v) is 5.26. The molecule has 5 heteroatoms. The van der Waals surface area contributed by atoms with E-state index in [9.17, 15) is 9.59 Å². The van der Waals surface area contributed by atoms with Crippen molar-refractivity contribution in [3.63, 3.8) is 0 Å². The topological polar surface area (TPSA) is 67.4 Å². The first-order valence-electron chi connectivity index (χ1n) is 7.23. The van der Waals surface area contributed by atoms with Crippen molar-refractivity contribution in [1.29, 1.82) is 0 Å². The monoisotopic (exact) mass is 292 g/mol. The van der Waals surface area contributed by atoms with E-state index < -0.39 is 0 Å². The first kappa shape index (κ1) is 17.0. The van der Waals surface area contributed by atoms with Crippen LogP contribution in [0.4, 0.5) is 0 Å². The van der Waals surface area contributed by atoms with Gasteiger partial charge in [0.2, 0.25) is 11.8 Å². The highest BCUT2D eigenvalue weighted by Gasteiger charge is 2.06. The van der Waals surface area contributed by atoms with Crippen LogP contribution in [-0.4, -0.2) is 31.0 Å². The molecule has 0 heterocycles. The molecule has 2 amide bonds. The van der Waals surface area contributed by atoms with Gasteiger partial charge in [-0.2, -0.15) is 0 Å². The molecule has 1 aromatic rings. The van der Waals surface area contributed by atoms with Gasteiger partial charge in [-0.05, 0) is 39.3 Å². The van der Waals surface area contributed by atoms with Gasteiger partial charge in [0.25, 0.3) is 0 Å². The van der Waals surface area contributed by atoms with Gasteiger partial charge in [0.15, 0.2) is 0 Å². The predicted molar refractivity (Wildman–Crippen MR) is 82.2 cm³/mol. The summed E-state index contributed by atoms with van der Waals surface area (Å²) in [6.07, 6.45) is 0.965. The molecule has 0 aliphatic rings. The number of carbonyl (C=O) groups is 2. The Kier molecular flexibility index (Phi) is 7.29. The maximum absolute atomic E-state index is 11.5. The normalized spacial score (nSPS) is 10.3. The molecule has 0 radical (unpaired) electrons. The van der Waals surface area contributed by atoms with Crippen LogP contribution in [0.2, 0.25) is 0 Å². The number of nitrogens with one attached hydrogen (secondary N) is 2. The lowest BCUT2D eigenvalue weighted by atomic mass is 10.2. The van der Waals surface area contributed by atoms with Crippen LogP contribution in [0.15, 0.2) is 24.3 Å². The van der Waals surface area contributed by atoms with Crippen molar-refractivity contribution < 1.29 is 14.3 Å². The van der Waals surface area contributed by atoms with E-state index in [1.165, 1.54) is 5.56 Å². The zero-order chi connectivity index (χ0) is 15.7. The zero-order valence-electron chi connectivity index (χ0n) is 12.9. The van der Waals surface area contributed by atoms with Crippen LogP contribution >= 0.6 is 0 Å². The fraction of sp³-hybridized carbons (Fsp3) is 0.500. The van der Waals surface area contributed by atoms with Crippen molar-refractivity contribution in [2.75, 3.05) is 13.2 Å². The predicted octanol–water partition coefficient (Wildman–Crippen LogP) is 1.79. The summed E-state index contributed by atoms with van der Waals surface area (Å²) in [5.74, 6) is 0.494. The SMILES string of the molecule is Cc1ccc(OCCCC(=O)NCC(=O)NC(C)C)cc1. The van der Waals surface area contributed by atoms with Crippen LogP contribution in [0.3, 0.4) is 0 Å². The summed E-state index contributed by atoms with van der Waals surface area (Å²) in [6, 6.07) is 7.86. The first-order valence-corrected chi connectivity index (χ1v) is 7.23. The number of aryl methyl sites for hydroxylation is 1. The highest BCUT2D eigenvalue weighted by atomic mass is 16.5. The Labute approximate surface area is 126 Å². The van der Waals surface area contributed by atoms with Gasteiger partial charge in [0, 0.05) is 12.5 Å². The van der Waals surface area contributed by atoms with Gasteiger partial charge in [0.1, 0.15) is 5.75 Å². The van der Waals surface area contributed by atoms with Gasteiger partial charge in [-0.3, -0.25) is 9.59 Å². The summed E-state index contributed by atoms with van der Waals surface area (Å²) >= 11 is 0. The van der Waals surface area contributed by atoms with E-state index in [-0.39, 0.29) is 24.4 Å². The molecular weight excluding hydrogens is 268 g/mol. The van der Waals surface area contributed by atoms with Gasteiger partial charge >= 0.3 is 0 Å². The molecule has 0 aromatic heterocycles. The molecule has 0 saturated heterocycles. The molecule has 0 unspecified atom stereocenters. The average molecular weight is 292 g/mol. The summed E-state index contributed by atoms with van der Waals surface area (Å²) in [6.45, 7) is 6.28. The maximum atomic E-state index is 11.5. The summed E-state index contributed by atoms with van der Waals surface area (Å²) in [4.78, 5) is 22.9. The lowest BCUT2D eigenvalue weighted by Crippen LogP contribution is -2.39. The van der Waals surface area contributed by atoms with E-state index in [0.29, 0.717) is 19.4 Å². The highest BCUT2D eigenvalue weighted by molar-refractivity contribution is 5.84. The first-order chi connectivity index (χ1) is 9.97. The Bertz CT molecular complexity index is 455. The molecule has 1 rings (SSSR count). The van der Waals surface area contributed by atoms with E-state index in [2.05, 4.69) is 10.6 Å². The average Bonchev–Trinajstić information content (AvgIpc) is 2.42. The van der Waals surface area contributed by atoms with Crippen LogP contribution in [0.1, 0.15) is 32.3 Å². The van der Waals surface area contributed by atoms with E-state index in [0.717, 1.165) is 5.75 Å². The van der Waals surface area contributed by atoms with E-state index in [1.807, 2.05) is 45.0 Å². The third-order valence-corrected chi connectivity index (χ3v) is 2.73. The maximum Gasteiger partial charge on any atom is 0.239 e. The van der Waals surface area contributed by atoms with E-state index in [1.54, 1.807) is 0 Å². The van der Waals surface area contributed by atoms with Crippen molar-refractivity contribution >= 4 is 11.8 Å². The summed E-state index contributed by atoms with van der Waals surface area (Å²) in [5.41, 5.74) is 1.18. The number of carbonyl (C=O) groups excluding carboxylic acids is 2. The molecule has 1 aromatic carbocycles. The van der Waals surface area contributed by atoms with Crippen molar-refractivity contribution in [3.8, 4) is 5.75 Å². The smallest absolute Gasteiger partial charge is 0.239 e. The number of benzene rings is 1. The second-order valence-electron chi connectivity index (χ2n) is 5.26. The van der Waals surface area contributed by atoms with Crippen LogP contribution in [0.5, 0.6) is 5.75 Å². The lowest BCUT2D eigenvalue weighted by Gasteiger charge is -2.09. The fourth-order valence-corrected chi connectivity index (χ4v) is 1.70. The van der Waals surface area contributed by atoms with Gasteiger partial charge < -0.3 is 15.4 Å². The molecule has 5 nitrogen and oxygen atoms in total. The molecule has 0 saturated carbocycles. The molecule has 2 N–H and O–H groups in total. The van der Waals surface area contributed by atoms with Gasteiger partial charge in [-0.1, -0.05) is 17.7 Å². The molecule has 0 spiro atoms. The van der Waals surface area contributed by atoms with Gasteiger partial charge in [-0.25, -0.2) is 0 Å². The number of amides is 2. The molecule has 0 bridgehead atoms. The molecule has 0 aliphatic heterocycles. The number of hydrogen-bond donors (Lipinski definition) is 2. The standard InChI is InChI=1S/C16H24N2O3/c1-12(2)18-16(20)11-17-15(19)5-4-10-21-14-8-6-13(3)7-9-14/h6-9,12H,4-5,10-11H2,1-3H3,(H,17,19)(H,18,20). The Morgan fingerprint density at radius 3 is 2.43 bits per heavy atom. The minimum absolute atomic E-state index is 0.0236. The Morgan fingerprint density at radius 2 is 1.81 bits per heavy atom. The summed E-state index contributed by atoms with van der Waals surface area (Å²) < 4.78 is 5.53. The highest BCUT2D eigenvalue weighted by Crippen LogP contribution is 2.11. The quantitative estimate of drug-likeness (QED) is 0.718. The van der Waals surface area contributed by atoms with E-state index >= 15 is 0 Å². The lowest BCUT2D eigenvalue weighted by molar-refractivity contribution is -0.126. The number of rotatable bonds is 8. The Morgan fingerprint density at radius 1 is 1.14 bits per heavy atom. The van der Waals surface area contributed by atoms with Crippen LogP contribution in [0.25, 0.3) is 0 Å². The largest absolute Gasteiger partial charge is 0.494 e. The molecule has 0 atom stereocenters. The van der Waals surface area contributed by atoms with Crippen LogP contribution in [-0.2, 0) is 9.59 Å². The third kappa shape index (κ3) is 7.97. The van der Waals surface area contributed by atoms with Crippen LogP contribution < -0.4 is 15.4 Å². The van der Waals surface area contributed by atoms with Crippen molar-refractivity contribution in [2.24, 2.45) is 0 Å². The number of ether oxygens (including phenoxy) is 1. The zero-order valence-corrected chi connectivity index (χ0v) is 12.9. The number of hydrogen-bond acceptors (Lipinski definition) is 3. The minimum atomic E-state index is -0.172. The van der Waals surface area contributed by atoms with Crippen LogP contribution in [0, 0.1) is 6.92 Å². The van der Waals surface area contributed by atoms with Gasteiger partial charge in [0.05, 0.1) is 13.2 Å². The third-order valence-electron chi connectivity index (χ3n) is 2.73. The molecule has 116 valence electrons. The molecule has 21 heavy (non-hydrogen) atoms. The second kappa shape index (κ2) is 9.00. The van der Waals surface area contributed by atoms with Crippen molar-refractivity contribution in [2.45, 2.75) is 39.7 Å². The summed E-state index contributed by atoms with van der Waals surface area (Å²) in [5, 5.41) is 5.30. The minimum Gasteiger partial charge on any atom is -0.494 e. The summed E-state index contributed by atoms with van der Waals surface area (Å²) in [7, 11) is 0. The Balaban J connectivity index is 2.10. The fourth-order valence-electron chi connectivity index (χ4n) is 1.70. The van der Waals surface area contributed by atoms with Crippen molar-refractivity contribution in [3.05, 3.63) is 29.8 Å². The molecular formula is C16H24N2O3. The Hall–Kier alpha value is -2.04. The molecule has 0 fully saturated rings. The van der Waals surface area contributed by atoms with Crippen molar-refractivity contribution in [1.82, 2.24) is 10.6 Å². The van der Waals surface area contributed by atoms with Gasteiger partial charge in [-0.15, -0.1) is 0 Å².